The maximum absolute atomic E-state index is 10.4. The first-order chi connectivity index (χ1) is 9.61. The van der Waals surface area contributed by atoms with Gasteiger partial charge in [-0.15, -0.1) is 0 Å². The first-order valence-electron chi connectivity index (χ1n) is 7.31. The van der Waals surface area contributed by atoms with Gasteiger partial charge in [-0.05, 0) is 40.7 Å². The molecule has 1 aromatic heterocycles. The van der Waals surface area contributed by atoms with E-state index in [4.69, 9.17) is 0 Å². The van der Waals surface area contributed by atoms with Crippen molar-refractivity contribution in [2.24, 2.45) is 0 Å². The van der Waals surface area contributed by atoms with Gasteiger partial charge in [0.1, 0.15) is 0 Å². The molecule has 0 fully saturated rings. The lowest BCUT2D eigenvalue weighted by molar-refractivity contribution is 0.177. The Labute approximate surface area is 121 Å². The van der Waals surface area contributed by atoms with Gasteiger partial charge in [0.15, 0.2) is 0 Å². The normalized spacial score (nSPS) is 12.7. The first-order valence-corrected chi connectivity index (χ1v) is 7.31. The van der Waals surface area contributed by atoms with Crippen LogP contribution in [0.3, 0.4) is 0 Å². The number of aliphatic hydroxyl groups excluding tert-OH is 1. The fourth-order valence-electron chi connectivity index (χ4n) is 2.43. The van der Waals surface area contributed by atoms with Gasteiger partial charge in [0.05, 0.1) is 6.10 Å². The lowest BCUT2D eigenvalue weighted by Crippen LogP contribution is -2.05. The molecule has 1 heterocycles. The predicted octanol–water partition coefficient (Wildman–Crippen LogP) is 4.04. The quantitative estimate of drug-likeness (QED) is 0.888. The zero-order chi connectivity index (χ0) is 14.5. The minimum absolute atomic E-state index is 0.460. The zero-order valence-corrected chi connectivity index (χ0v) is 12.5. The van der Waals surface area contributed by atoms with Gasteiger partial charge in [0, 0.05) is 18.8 Å². The van der Waals surface area contributed by atoms with Crippen molar-refractivity contribution in [3.63, 3.8) is 0 Å². The Bertz CT molecular complexity index is 546. The fourth-order valence-corrected chi connectivity index (χ4v) is 2.43. The standard InChI is InChI=1S/C18H23NO/c1-4-15-12-19-10-9-17(15)18(20)11-14-5-7-16(8-6-14)13(2)3/h5-10,12-13,18,20H,4,11H2,1-3H3. The van der Waals surface area contributed by atoms with E-state index in [0.717, 1.165) is 17.5 Å². The summed E-state index contributed by atoms with van der Waals surface area (Å²) in [7, 11) is 0. The second-order valence-corrected chi connectivity index (χ2v) is 5.54. The Kier molecular flexibility index (Phi) is 4.91. The second kappa shape index (κ2) is 6.67. The number of aliphatic hydroxyl groups is 1. The molecule has 1 unspecified atom stereocenters. The highest BCUT2D eigenvalue weighted by Gasteiger charge is 2.12. The molecule has 106 valence electrons. The van der Waals surface area contributed by atoms with Crippen molar-refractivity contribution in [3.8, 4) is 0 Å². The van der Waals surface area contributed by atoms with Crippen LogP contribution in [0.1, 0.15) is 55.0 Å². The average Bonchev–Trinajstić information content (AvgIpc) is 2.47. The molecule has 2 rings (SSSR count). The Balaban J connectivity index is 2.13. The third-order valence-electron chi connectivity index (χ3n) is 3.76. The highest BCUT2D eigenvalue weighted by Crippen LogP contribution is 2.23. The number of hydrogen-bond donors (Lipinski definition) is 1. The molecule has 0 saturated carbocycles. The predicted molar refractivity (Wildman–Crippen MR) is 82.8 cm³/mol. The molecule has 0 aliphatic rings. The summed E-state index contributed by atoms with van der Waals surface area (Å²) in [6.07, 6.45) is 4.68. The molecule has 0 amide bonds. The van der Waals surface area contributed by atoms with Crippen molar-refractivity contribution < 1.29 is 5.11 Å². The highest BCUT2D eigenvalue weighted by atomic mass is 16.3. The summed E-state index contributed by atoms with van der Waals surface area (Å²) >= 11 is 0. The van der Waals surface area contributed by atoms with E-state index < -0.39 is 6.10 Å². The van der Waals surface area contributed by atoms with E-state index in [-0.39, 0.29) is 0 Å². The Morgan fingerprint density at radius 2 is 1.80 bits per heavy atom. The molecule has 1 aromatic carbocycles. The van der Waals surface area contributed by atoms with Crippen molar-refractivity contribution in [1.29, 1.82) is 0 Å². The molecule has 2 nitrogen and oxygen atoms in total. The minimum atomic E-state index is -0.460. The number of pyridine rings is 1. The molecule has 0 spiro atoms. The topological polar surface area (TPSA) is 33.1 Å². The van der Waals surface area contributed by atoms with E-state index in [1.807, 2.05) is 12.3 Å². The van der Waals surface area contributed by atoms with E-state index in [1.54, 1.807) is 6.20 Å². The number of rotatable bonds is 5. The van der Waals surface area contributed by atoms with E-state index in [2.05, 4.69) is 50.0 Å². The van der Waals surface area contributed by atoms with Crippen molar-refractivity contribution in [1.82, 2.24) is 4.98 Å². The molecular formula is C18H23NO. The molecule has 0 radical (unpaired) electrons. The summed E-state index contributed by atoms with van der Waals surface area (Å²) in [5.74, 6) is 0.542. The van der Waals surface area contributed by atoms with Crippen LogP contribution in [0.4, 0.5) is 0 Å². The van der Waals surface area contributed by atoms with Crippen LogP contribution in [-0.4, -0.2) is 10.1 Å². The van der Waals surface area contributed by atoms with Crippen LogP contribution in [0.15, 0.2) is 42.7 Å². The Morgan fingerprint density at radius 1 is 1.10 bits per heavy atom. The van der Waals surface area contributed by atoms with Crippen LogP contribution in [0.25, 0.3) is 0 Å². The summed E-state index contributed by atoms with van der Waals surface area (Å²) in [6, 6.07) is 10.5. The van der Waals surface area contributed by atoms with Gasteiger partial charge in [-0.2, -0.15) is 0 Å². The van der Waals surface area contributed by atoms with Crippen LogP contribution >= 0.6 is 0 Å². The zero-order valence-electron chi connectivity index (χ0n) is 12.5. The maximum Gasteiger partial charge on any atom is 0.0834 e. The highest BCUT2D eigenvalue weighted by molar-refractivity contribution is 5.29. The van der Waals surface area contributed by atoms with Crippen molar-refractivity contribution in [2.75, 3.05) is 0 Å². The molecule has 0 aliphatic heterocycles. The van der Waals surface area contributed by atoms with Gasteiger partial charge in [-0.3, -0.25) is 4.98 Å². The first kappa shape index (κ1) is 14.7. The van der Waals surface area contributed by atoms with E-state index in [9.17, 15) is 5.11 Å². The number of benzene rings is 1. The van der Waals surface area contributed by atoms with E-state index in [1.165, 1.54) is 11.1 Å². The molecule has 0 aliphatic carbocycles. The van der Waals surface area contributed by atoms with Crippen LogP contribution in [-0.2, 0) is 12.8 Å². The fraction of sp³-hybridized carbons (Fsp3) is 0.389. The molecule has 2 heteroatoms. The van der Waals surface area contributed by atoms with Crippen LogP contribution in [0.2, 0.25) is 0 Å². The van der Waals surface area contributed by atoms with Crippen LogP contribution in [0.5, 0.6) is 0 Å². The number of nitrogens with zero attached hydrogens (tertiary/aromatic N) is 1. The number of aromatic nitrogens is 1. The Hall–Kier alpha value is -1.67. The van der Waals surface area contributed by atoms with Gasteiger partial charge in [0.25, 0.3) is 0 Å². The summed E-state index contributed by atoms with van der Waals surface area (Å²) in [4.78, 5) is 4.13. The second-order valence-electron chi connectivity index (χ2n) is 5.54. The van der Waals surface area contributed by atoms with Gasteiger partial charge in [-0.25, -0.2) is 0 Å². The third-order valence-corrected chi connectivity index (χ3v) is 3.76. The number of hydrogen-bond acceptors (Lipinski definition) is 2. The van der Waals surface area contributed by atoms with Crippen LogP contribution < -0.4 is 0 Å². The van der Waals surface area contributed by atoms with Crippen LogP contribution in [0, 0.1) is 0 Å². The van der Waals surface area contributed by atoms with Gasteiger partial charge < -0.3 is 5.11 Å². The maximum atomic E-state index is 10.4. The molecule has 0 saturated heterocycles. The summed E-state index contributed by atoms with van der Waals surface area (Å²) in [6.45, 7) is 6.47. The molecule has 2 aromatic rings. The Morgan fingerprint density at radius 3 is 2.40 bits per heavy atom. The van der Waals surface area contributed by atoms with E-state index >= 15 is 0 Å². The average molecular weight is 269 g/mol. The molecule has 0 bridgehead atoms. The lowest BCUT2D eigenvalue weighted by atomic mass is 9.95. The van der Waals surface area contributed by atoms with Gasteiger partial charge in [0.2, 0.25) is 0 Å². The van der Waals surface area contributed by atoms with E-state index in [0.29, 0.717) is 12.3 Å². The summed E-state index contributed by atoms with van der Waals surface area (Å²) in [5.41, 5.74) is 4.62. The van der Waals surface area contributed by atoms with Crippen molar-refractivity contribution in [3.05, 3.63) is 65.0 Å². The number of aryl methyl sites for hydroxylation is 1. The SMILES string of the molecule is CCc1cnccc1C(O)Cc1ccc(C(C)C)cc1. The molecule has 1 atom stereocenters. The molecular weight excluding hydrogens is 246 g/mol. The third kappa shape index (κ3) is 3.45. The summed E-state index contributed by atoms with van der Waals surface area (Å²) < 4.78 is 0. The largest absolute Gasteiger partial charge is 0.388 e. The van der Waals surface area contributed by atoms with Crippen molar-refractivity contribution >= 4 is 0 Å². The molecule has 1 N–H and O–H groups in total. The summed E-state index contributed by atoms with van der Waals surface area (Å²) in [5, 5.41) is 10.4. The van der Waals surface area contributed by atoms with Crippen molar-refractivity contribution in [2.45, 2.75) is 45.6 Å². The smallest absolute Gasteiger partial charge is 0.0834 e. The monoisotopic (exact) mass is 269 g/mol. The van der Waals surface area contributed by atoms with Gasteiger partial charge >= 0.3 is 0 Å². The molecule has 20 heavy (non-hydrogen) atoms. The minimum Gasteiger partial charge on any atom is -0.388 e. The lowest BCUT2D eigenvalue weighted by Gasteiger charge is -2.15. The van der Waals surface area contributed by atoms with Gasteiger partial charge in [-0.1, -0.05) is 45.0 Å².